The number of hydrogen-bond donors (Lipinski definition) is 1. The van der Waals surface area contributed by atoms with Gasteiger partial charge in [-0.3, -0.25) is 0 Å². The van der Waals surface area contributed by atoms with Crippen LogP contribution in [-0.4, -0.2) is 22.9 Å². The summed E-state index contributed by atoms with van der Waals surface area (Å²) >= 11 is 1.71. The van der Waals surface area contributed by atoms with Crippen molar-refractivity contribution in [2.75, 3.05) is 12.8 Å². The van der Waals surface area contributed by atoms with Crippen molar-refractivity contribution in [2.45, 2.75) is 31.1 Å². The predicted octanol–water partition coefficient (Wildman–Crippen LogP) is 1.75. The number of nitrogens with one attached hydrogen (secondary N) is 1. The van der Waals surface area contributed by atoms with Crippen molar-refractivity contribution in [2.24, 2.45) is 0 Å². The van der Waals surface area contributed by atoms with E-state index in [1.807, 2.05) is 6.26 Å². The minimum atomic E-state index is 0.284. The van der Waals surface area contributed by atoms with E-state index in [1.54, 1.807) is 11.8 Å². The first kappa shape index (κ1) is 9.98. The maximum absolute atomic E-state index is 5.22. The molecule has 0 aliphatic carbocycles. The third-order valence-corrected chi connectivity index (χ3v) is 2.91. The van der Waals surface area contributed by atoms with Crippen molar-refractivity contribution in [1.29, 1.82) is 0 Å². The smallest absolute Gasteiger partial charge is 0.243 e. The molecule has 4 nitrogen and oxygen atoms in total. The Morgan fingerprint density at radius 2 is 2.50 bits per heavy atom. The normalized spacial score (nSPS) is 22.5. The van der Waals surface area contributed by atoms with Crippen LogP contribution in [0.1, 0.15) is 37.0 Å². The van der Waals surface area contributed by atoms with E-state index in [4.69, 9.17) is 4.52 Å². The Morgan fingerprint density at radius 3 is 3.21 bits per heavy atom. The summed E-state index contributed by atoms with van der Waals surface area (Å²) in [5.74, 6) is 2.39. The van der Waals surface area contributed by atoms with Gasteiger partial charge in [0.1, 0.15) is 0 Å². The van der Waals surface area contributed by atoms with E-state index in [0.29, 0.717) is 0 Å². The molecule has 2 rings (SSSR count). The molecule has 0 bridgehead atoms. The van der Waals surface area contributed by atoms with Crippen LogP contribution in [0.3, 0.4) is 0 Å². The lowest BCUT2D eigenvalue weighted by molar-refractivity contribution is 0.296. The monoisotopic (exact) mass is 213 g/mol. The largest absolute Gasteiger partial charge is 0.338 e. The maximum Gasteiger partial charge on any atom is 0.243 e. The molecular formula is C9H15N3OS. The number of thioether (sulfide) groups is 1. The molecule has 1 N–H and O–H groups in total. The molecule has 1 saturated heterocycles. The molecule has 1 fully saturated rings. The molecule has 0 amide bonds. The van der Waals surface area contributed by atoms with Gasteiger partial charge in [-0.2, -0.15) is 16.7 Å². The van der Waals surface area contributed by atoms with Gasteiger partial charge in [0, 0.05) is 0 Å². The lowest BCUT2D eigenvalue weighted by Crippen LogP contribution is -2.26. The van der Waals surface area contributed by atoms with Crippen LogP contribution in [0, 0.1) is 0 Å². The van der Waals surface area contributed by atoms with E-state index in [-0.39, 0.29) is 6.04 Å². The van der Waals surface area contributed by atoms with Crippen molar-refractivity contribution in [3.05, 3.63) is 11.7 Å². The fourth-order valence-corrected chi connectivity index (χ4v) is 2.03. The fourth-order valence-electron chi connectivity index (χ4n) is 1.66. The zero-order valence-corrected chi connectivity index (χ0v) is 9.14. The summed E-state index contributed by atoms with van der Waals surface area (Å²) in [5.41, 5.74) is 0. The number of nitrogens with zero attached hydrogens (tertiary/aromatic N) is 2. The quantitative estimate of drug-likeness (QED) is 0.829. The van der Waals surface area contributed by atoms with Gasteiger partial charge in [-0.25, -0.2) is 0 Å². The molecule has 0 spiro atoms. The minimum absolute atomic E-state index is 0.284. The molecule has 0 saturated carbocycles. The van der Waals surface area contributed by atoms with Crippen molar-refractivity contribution in [1.82, 2.24) is 15.5 Å². The van der Waals surface area contributed by atoms with Gasteiger partial charge in [0.15, 0.2) is 5.82 Å². The zero-order chi connectivity index (χ0) is 9.80. The van der Waals surface area contributed by atoms with Crippen LogP contribution in [0.25, 0.3) is 0 Å². The molecule has 0 radical (unpaired) electrons. The first-order chi connectivity index (χ1) is 6.90. The molecule has 0 aromatic carbocycles. The number of piperidine rings is 1. The van der Waals surface area contributed by atoms with E-state index < -0.39 is 0 Å². The van der Waals surface area contributed by atoms with Crippen LogP contribution < -0.4 is 5.32 Å². The maximum atomic E-state index is 5.22. The van der Waals surface area contributed by atoms with Crippen LogP contribution in [0.15, 0.2) is 4.52 Å². The molecule has 1 aliphatic rings. The highest BCUT2D eigenvalue weighted by atomic mass is 32.2. The van der Waals surface area contributed by atoms with Crippen molar-refractivity contribution >= 4 is 11.8 Å². The number of hydrogen-bond acceptors (Lipinski definition) is 5. The summed E-state index contributed by atoms with van der Waals surface area (Å²) in [6, 6.07) is 0.284. The van der Waals surface area contributed by atoms with Gasteiger partial charge < -0.3 is 9.84 Å². The van der Waals surface area contributed by atoms with Gasteiger partial charge in [0.25, 0.3) is 0 Å². The van der Waals surface area contributed by atoms with E-state index in [1.165, 1.54) is 12.8 Å². The Labute approximate surface area is 87.8 Å². The lowest BCUT2D eigenvalue weighted by Gasteiger charge is -2.19. The van der Waals surface area contributed by atoms with Crippen LogP contribution in [0.5, 0.6) is 0 Å². The predicted molar refractivity (Wildman–Crippen MR) is 56.1 cm³/mol. The van der Waals surface area contributed by atoms with Crippen molar-refractivity contribution in [3.8, 4) is 0 Å². The van der Waals surface area contributed by atoms with Gasteiger partial charge in [-0.05, 0) is 25.6 Å². The summed E-state index contributed by atoms with van der Waals surface area (Å²) < 4.78 is 5.22. The topological polar surface area (TPSA) is 51.0 Å². The summed E-state index contributed by atoms with van der Waals surface area (Å²) in [5, 5.41) is 7.32. The highest BCUT2D eigenvalue weighted by Crippen LogP contribution is 2.21. The second-order valence-corrected chi connectivity index (χ2v) is 4.35. The summed E-state index contributed by atoms with van der Waals surface area (Å²) in [7, 11) is 0. The van der Waals surface area contributed by atoms with Crippen LogP contribution in [0.2, 0.25) is 0 Å². The van der Waals surface area contributed by atoms with Crippen LogP contribution in [-0.2, 0) is 5.75 Å². The van der Waals surface area contributed by atoms with Gasteiger partial charge in [-0.1, -0.05) is 11.6 Å². The molecular weight excluding hydrogens is 198 g/mol. The fraction of sp³-hybridized carbons (Fsp3) is 0.778. The average Bonchev–Trinajstić information content (AvgIpc) is 2.68. The first-order valence-electron chi connectivity index (χ1n) is 4.95. The second kappa shape index (κ2) is 4.79. The Balaban J connectivity index is 2.00. The van der Waals surface area contributed by atoms with Crippen molar-refractivity contribution < 1.29 is 4.52 Å². The molecule has 1 aliphatic heterocycles. The van der Waals surface area contributed by atoms with E-state index in [9.17, 15) is 0 Å². The third kappa shape index (κ3) is 2.27. The standard InChI is InChI=1S/C9H15N3OS/c1-14-6-8-11-9(13-12-8)7-4-2-3-5-10-7/h7,10H,2-6H2,1H3. The highest BCUT2D eigenvalue weighted by Gasteiger charge is 2.20. The summed E-state index contributed by atoms with van der Waals surface area (Å²) in [4.78, 5) is 4.36. The van der Waals surface area contributed by atoms with E-state index in [2.05, 4.69) is 15.5 Å². The second-order valence-electron chi connectivity index (χ2n) is 3.48. The van der Waals surface area contributed by atoms with Crippen LogP contribution >= 0.6 is 11.8 Å². The minimum Gasteiger partial charge on any atom is -0.338 e. The Morgan fingerprint density at radius 1 is 1.57 bits per heavy atom. The molecule has 14 heavy (non-hydrogen) atoms. The van der Waals surface area contributed by atoms with Gasteiger partial charge in [0.2, 0.25) is 5.89 Å². The van der Waals surface area contributed by atoms with Gasteiger partial charge >= 0.3 is 0 Å². The zero-order valence-electron chi connectivity index (χ0n) is 8.32. The molecule has 1 atom stereocenters. The molecule has 1 unspecified atom stereocenters. The third-order valence-electron chi connectivity index (χ3n) is 2.37. The Hall–Kier alpha value is -0.550. The molecule has 1 aromatic rings. The SMILES string of the molecule is CSCc1noc(C2CCCCN2)n1. The Bertz CT molecular complexity index is 283. The highest BCUT2D eigenvalue weighted by molar-refractivity contribution is 7.97. The Kier molecular flexibility index (Phi) is 3.42. The van der Waals surface area contributed by atoms with E-state index >= 15 is 0 Å². The van der Waals surface area contributed by atoms with E-state index in [0.717, 1.165) is 30.4 Å². The molecule has 78 valence electrons. The summed E-state index contributed by atoms with van der Waals surface area (Å²) in [6.07, 6.45) is 5.65. The lowest BCUT2D eigenvalue weighted by atomic mass is 10.1. The molecule has 1 aromatic heterocycles. The molecule has 2 heterocycles. The van der Waals surface area contributed by atoms with Gasteiger partial charge in [0.05, 0.1) is 11.8 Å². The average molecular weight is 213 g/mol. The van der Waals surface area contributed by atoms with Crippen LogP contribution in [0.4, 0.5) is 0 Å². The number of aromatic nitrogens is 2. The number of rotatable bonds is 3. The van der Waals surface area contributed by atoms with Gasteiger partial charge in [-0.15, -0.1) is 0 Å². The molecule has 5 heteroatoms. The summed E-state index contributed by atoms with van der Waals surface area (Å²) in [6.45, 7) is 1.06. The first-order valence-corrected chi connectivity index (χ1v) is 6.34. The van der Waals surface area contributed by atoms with Crippen molar-refractivity contribution in [3.63, 3.8) is 0 Å².